The zero-order chi connectivity index (χ0) is 12.7. The third-order valence-electron chi connectivity index (χ3n) is 3.23. The first-order chi connectivity index (χ1) is 8.66. The molecule has 0 aliphatic rings. The largest absolute Gasteiger partial charge is 0.369 e. The van der Waals surface area contributed by atoms with Crippen LogP contribution in [0.5, 0.6) is 0 Å². The van der Waals surface area contributed by atoms with Crippen molar-refractivity contribution >= 4 is 17.0 Å². The molecule has 0 atom stereocenters. The van der Waals surface area contributed by atoms with Gasteiger partial charge in [-0.05, 0) is 18.6 Å². The van der Waals surface area contributed by atoms with Crippen molar-refractivity contribution in [1.29, 1.82) is 0 Å². The number of nitrogens with zero attached hydrogens (tertiary/aromatic N) is 4. The number of fused-ring (bicyclic) bond motifs is 1. The van der Waals surface area contributed by atoms with E-state index in [0.29, 0.717) is 12.5 Å². The third kappa shape index (κ3) is 1.55. The highest BCUT2D eigenvalue weighted by atomic mass is 15.2. The monoisotopic (exact) mass is 241 g/mol. The van der Waals surface area contributed by atoms with Crippen molar-refractivity contribution in [1.82, 2.24) is 19.1 Å². The van der Waals surface area contributed by atoms with Crippen molar-refractivity contribution in [3.63, 3.8) is 0 Å². The summed E-state index contributed by atoms with van der Waals surface area (Å²) in [7, 11) is 1.98. The summed E-state index contributed by atoms with van der Waals surface area (Å²) in [6, 6.07) is 6.10. The van der Waals surface area contributed by atoms with Crippen LogP contribution in [0.25, 0.3) is 11.0 Å². The summed E-state index contributed by atoms with van der Waals surface area (Å²) in [5, 5.41) is 0. The minimum atomic E-state index is 0.530. The average molecular weight is 241 g/mol. The molecule has 5 nitrogen and oxygen atoms in total. The van der Waals surface area contributed by atoms with E-state index in [-0.39, 0.29) is 0 Å². The second-order valence-electron chi connectivity index (χ2n) is 4.45. The zero-order valence-electron chi connectivity index (χ0n) is 10.5. The van der Waals surface area contributed by atoms with Gasteiger partial charge in [0.15, 0.2) is 0 Å². The van der Waals surface area contributed by atoms with Crippen molar-refractivity contribution in [3.05, 3.63) is 42.0 Å². The number of aromatic nitrogens is 4. The molecule has 0 aliphatic heterocycles. The summed E-state index contributed by atoms with van der Waals surface area (Å²) in [6.45, 7) is 2.68. The molecule has 0 spiro atoms. The van der Waals surface area contributed by atoms with Gasteiger partial charge in [0.1, 0.15) is 5.82 Å². The van der Waals surface area contributed by atoms with Crippen LogP contribution in [0.4, 0.5) is 5.95 Å². The molecule has 3 aromatic rings. The topological polar surface area (TPSA) is 61.7 Å². The summed E-state index contributed by atoms with van der Waals surface area (Å²) in [5.41, 5.74) is 9.15. The molecule has 0 radical (unpaired) electrons. The van der Waals surface area contributed by atoms with Gasteiger partial charge < -0.3 is 14.9 Å². The lowest BCUT2D eigenvalue weighted by molar-refractivity contribution is 0.720. The summed E-state index contributed by atoms with van der Waals surface area (Å²) in [5.74, 6) is 1.49. The predicted octanol–water partition coefficient (Wildman–Crippen LogP) is 1.71. The minimum absolute atomic E-state index is 0.530. The van der Waals surface area contributed by atoms with Gasteiger partial charge in [-0.2, -0.15) is 0 Å². The van der Waals surface area contributed by atoms with Crippen LogP contribution in [0, 0.1) is 6.92 Å². The molecule has 3 rings (SSSR count). The standard InChI is InChI=1S/C13H15N5/c1-9-4-3-5-10-12(9)16-13(14)18(10)8-11-15-6-7-17(11)2/h3-7H,8H2,1-2H3,(H2,14,16). The van der Waals surface area contributed by atoms with Gasteiger partial charge >= 0.3 is 0 Å². The van der Waals surface area contributed by atoms with E-state index in [9.17, 15) is 0 Å². The Balaban J connectivity index is 2.15. The molecular weight excluding hydrogens is 226 g/mol. The molecule has 0 fully saturated rings. The van der Waals surface area contributed by atoms with Crippen LogP contribution in [0.15, 0.2) is 30.6 Å². The number of nitrogens with two attached hydrogens (primary N) is 1. The lowest BCUT2D eigenvalue weighted by atomic mass is 10.2. The van der Waals surface area contributed by atoms with Gasteiger partial charge in [0, 0.05) is 19.4 Å². The molecule has 0 bridgehead atoms. The van der Waals surface area contributed by atoms with Crippen LogP contribution < -0.4 is 5.73 Å². The van der Waals surface area contributed by atoms with E-state index < -0.39 is 0 Å². The fourth-order valence-corrected chi connectivity index (χ4v) is 2.16. The van der Waals surface area contributed by atoms with Crippen LogP contribution in [0.2, 0.25) is 0 Å². The maximum atomic E-state index is 6.00. The Bertz CT molecular complexity index is 707. The Morgan fingerprint density at radius 2 is 2.17 bits per heavy atom. The third-order valence-corrected chi connectivity index (χ3v) is 3.23. The Morgan fingerprint density at radius 1 is 1.33 bits per heavy atom. The fraction of sp³-hybridized carbons (Fsp3) is 0.231. The number of hydrogen-bond donors (Lipinski definition) is 1. The van der Waals surface area contributed by atoms with Gasteiger partial charge in [-0.1, -0.05) is 12.1 Å². The predicted molar refractivity (Wildman–Crippen MR) is 71.2 cm³/mol. The van der Waals surface area contributed by atoms with E-state index >= 15 is 0 Å². The Kier molecular flexibility index (Phi) is 2.33. The van der Waals surface area contributed by atoms with Crippen LogP contribution in [0.1, 0.15) is 11.4 Å². The zero-order valence-corrected chi connectivity index (χ0v) is 10.5. The summed E-state index contributed by atoms with van der Waals surface area (Å²) >= 11 is 0. The first-order valence-electron chi connectivity index (χ1n) is 5.84. The first kappa shape index (κ1) is 10.8. The Hall–Kier alpha value is -2.30. The van der Waals surface area contributed by atoms with Crippen LogP contribution >= 0.6 is 0 Å². The van der Waals surface area contributed by atoms with Crippen molar-refractivity contribution < 1.29 is 0 Å². The lowest BCUT2D eigenvalue weighted by Crippen LogP contribution is -2.08. The van der Waals surface area contributed by atoms with Crippen LogP contribution in [-0.2, 0) is 13.6 Å². The van der Waals surface area contributed by atoms with E-state index in [1.54, 1.807) is 6.20 Å². The van der Waals surface area contributed by atoms with Crippen molar-refractivity contribution in [3.8, 4) is 0 Å². The number of benzene rings is 1. The highest BCUT2D eigenvalue weighted by Gasteiger charge is 2.11. The smallest absolute Gasteiger partial charge is 0.201 e. The molecule has 2 aromatic heterocycles. The molecule has 1 aromatic carbocycles. The first-order valence-corrected chi connectivity index (χ1v) is 5.84. The Labute approximate surface area is 105 Å². The number of para-hydroxylation sites is 1. The number of rotatable bonds is 2. The number of anilines is 1. The molecule has 2 N–H and O–H groups in total. The summed E-state index contributed by atoms with van der Waals surface area (Å²) < 4.78 is 3.98. The number of aryl methyl sites for hydroxylation is 2. The minimum Gasteiger partial charge on any atom is -0.369 e. The van der Waals surface area contributed by atoms with Gasteiger partial charge in [-0.15, -0.1) is 0 Å². The molecule has 5 heteroatoms. The van der Waals surface area contributed by atoms with Crippen molar-refractivity contribution in [2.45, 2.75) is 13.5 Å². The average Bonchev–Trinajstić information content (AvgIpc) is 2.87. The highest BCUT2D eigenvalue weighted by Crippen LogP contribution is 2.21. The Morgan fingerprint density at radius 3 is 2.89 bits per heavy atom. The SMILES string of the molecule is Cc1cccc2c1nc(N)n2Cc1nccn1C. The van der Waals surface area contributed by atoms with Gasteiger partial charge in [-0.25, -0.2) is 9.97 Å². The number of imidazole rings is 2. The molecule has 92 valence electrons. The molecule has 0 saturated carbocycles. The molecule has 0 amide bonds. The normalized spacial score (nSPS) is 11.2. The quantitative estimate of drug-likeness (QED) is 0.743. The molecular formula is C13H15N5. The molecule has 0 aliphatic carbocycles. The maximum Gasteiger partial charge on any atom is 0.201 e. The van der Waals surface area contributed by atoms with E-state index in [2.05, 4.69) is 9.97 Å². The second-order valence-corrected chi connectivity index (χ2v) is 4.45. The van der Waals surface area contributed by atoms with E-state index in [4.69, 9.17) is 5.73 Å². The van der Waals surface area contributed by atoms with Gasteiger partial charge in [0.2, 0.25) is 5.95 Å². The van der Waals surface area contributed by atoms with Crippen molar-refractivity contribution in [2.75, 3.05) is 5.73 Å². The molecule has 2 heterocycles. The van der Waals surface area contributed by atoms with Crippen molar-refractivity contribution in [2.24, 2.45) is 7.05 Å². The van der Waals surface area contributed by atoms with Gasteiger partial charge in [-0.3, -0.25) is 0 Å². The molecule has 18 heavy (non-hydrogen) atoms. The van der Waals surface area contributed by atoms with Crippen LogP contribution in [0.3, 0.4) is 0 Å². The van der Waals surface area contributed by atoms with E-state index in [0.717, 1.165) is 22.4 Å². The van der Waals surface area contributed by atoms with E-state index in [1.807, 2.05) is 47.5 Å². The van der Waals surface area contributed by atoms with Gasteiger partial charge in [0.05, 0.1) is 17.6 Å². The molecule has 0 saturated heterocycles. The maximum absolute atomic E-state index is 6.00. The number of hydrogen-bond acceptors (Lipinski definition) is 3. The fourth-order valence-electron chi connectivity index (χ4n) is 2.16. The van der Waals surface area contributed by atoms with Crippen LogP contribution in [-0.4, -0.2) is 19.1 Å². The lowest BCUT2D eigenvalue weighted by Gasteiger charge is -2.06. The van der Waals surface area contributed by atoms with E-state index in [1.165, 1.54) is 0 Å². The highest BCUT2D eigenvalue weighted by molar-refractivity contribution is 5.81. The summed E-state index contributed by atoms with van der Waals surface area (Å²) in [6.07, 6.45) is 3.71. The molecule has 0 unspecified atom stereocenters. The summed E-state index contributed by atoms with van der Waals surface area (Å²) in [4.78, 5) is 8.75. The number of nitrogen functional groups attached to an aromatic ring is 1. The second kappa shape index (κ2) is 3.87. The van der Waals surface area contributed by atoms with Gasteiger partial charge in [0.25, 0.3) is 0 Å².